The molecule has 104 valence electrons. The van der Waals surface area contributed by atoms with E-state index in [1.165, 1.54) is 57.3 Å². The number of hydrogen-bond acceptors (Lipinski definition) is 2. The average molecular weight is 252 g/mol. The SMILES string of the molecule is CCCCCC(=C/C=C/C(=O)OC)CCCCC. The van der Waals surface area contributed by atoms with Gasteiger partial charge in [0.25, 0.3) is 0 Å². The molecule has 0 N–H and O–H groups in total. The number of carbonyl (C=O) groups excluding carboxylic acids is 1. The first kappa shape index (κ1) is 16.9. The molecule has 0 heterocycles. The van der Waals surface area contributed by atoms with Gasteiger partial charge in [0.2, 0.25) is 0 Å². The molecule has 0 aromatic rings. The molecule has 0 aliphatic rings. The first-order valence-corrected chi connectivity index (χ1v) is 7.18. The van der Waals surface area contributed by atoms with E-state index in [4.69, 9.17) is 0 Å². The van der Waals surface area contributed by atoms with Crippen LogP contribution in [0.5, 0.6) is 0 Å². The van der Waals surface area contributed by atoms with Gasteiger partial charge in [-0.2, -0.15) is 0 Å². The summed E-state index contributed by atoms with van der Waals surface area (Å²) in [5.41, 5.74) is 1.46. The van der Waals surface area contributed by atoms with Crippen molar-refractivity contribution in [3.05, 3.63) is 23.8 Å². The number of allylic oxidation sites excluding steroid dienone is 3. The third kappa shape index (κ3) is 10.1. The first-order valence-electron chi connectivity index (χ1n) is 7.18. The summed E-state index contributed by atoms with van der Waals surface area (Å²) in [5, 5.41) is 0. The fourth-order valence-electron chi connectivity index (χ4n) is 1.83. The van der Waals surface area contributed by atoms with Crippen LogP contribution >= 0.6 is 0 Å². The molecule has 0 aromatic carbocycles. The second-order valence-electron chi connectivity index (χ2n) is 4.62. The van der Waals surface area contributed by atoms with E-state index in [-0.39, 0.29) is 5.97 Å². The molecule has 0 radical (unpaired) electrons. The maximum atomic E-state index is 11.0. The molecule has 0 aromatic heterocycles. The second kappa shape index (κ2) is 12.4. The van der Waals surface area contributed by atoms with Crippen LogP contribution in [0.25, 0.3) is 0 Å². The van der Waals surface area contributed by atoms with Crippen LogP contribution in [0.2, 0.25) is 0 Å². The Kier molecular flexibility index (Phi) is 11.7. The predicted octanol–water partition coefficient (Wildman–Crippen LogP) is 4.80. The van der Waals surface area contributed by atoms with E-state index < -0.39 is 0 Å². The molecule has 0 saturated heterocycles. The van der Waals surface area contributed by atoms with E-state index in [1.807, 2.05) is 6.08 Å². The van der Waals surface area contributed by atoms with Crippen LogP contribution in [-0.2, 0) is 9.53 Å². The van der Waals surface area contributed by atoms with E-state index in [9.17, 15) is 4.79 Å². The van der Waals surface area contributed by atoms with Gasteiger partial charge in [0.1, 0.15) is 0 Å². The molecule has 0 spiro atoms. The van der Waals surface area contributed by atoms with Gasteiger partial charge in [-0.3, -0.25) is 0 Å². The van der Waals surface area contributed by atoms with Gasteiger partial charge >= 0.3 is 5.97 Å². The number of hydrogen-bond donors (Lipinski definition) is 0. The molecule has 0 fully saturated rings. The van der Waals surface area contributed by atoms with Gasteiger partial charge in [-0.25, -0.2) is 4.79 Å². The average Bonchev–Trinajstić information content (AvgIpc) is 2.38. The number of ether oxygens (including phenoxy) is 1. The van der Waals surface area contributed by atoms with Crippen LogP contribution in [0, 0.1) is 0 Å². The summed E-state index contributed by atoms with van der Waals surface area (Å²) in [4.78, 5) is 11.0. The molecule has 0 atom stereocenters. The number of carbonyl (C=O) groups is 1. The quantitative estimate of drug-likeness (QED) is 0.241. The summed E-state index contributed by atoms with van der Waals surface area (Å²) in [5.74, 6) is -0.285. The van der Waals surface area contributed by atoms with Gasteiger partial charge in [0.05, 0.1) is 7.11 Å². The van der Waals surface area contributed by atoms with Gasteiger partial charge in [-0.15, -0.1) is 0 Å². The summed E-state index contributed by atoms with van der Waals surface area (Å²) in [6.07, 6.45) is 15.3. The third-order valence-electron chi connectivity index (χ3n) is 2.97. The summed E-state index contributed by atoms with van der Waals surface area (Å²) in [6.45, 7) is 4.44. The smallest absolute Gasteiger partial charge is 0.330 e. The summed E-state index contributed by atoms with van der Waals surface area (Å²) in [7, 11) is 1.40. The molecule has 0 aliphatic heterocycles. The third-order valence-corrected chi connectivity index (χ3v) is 2.97. The minimum Gasteiger partial charge on any atom is -0.466 e. The van der Waals surface area contributed by atoms with Crippen LogP contribution in [0.3, 0.4) is 0 Å². The van der Waals surface area contributed by atoms with E-state index in [0.29, 0.717) is 0 Å². The van der Waals surface area contributed by atoms with E-state index in [0.717, 1.165) is 12.8 Å². The van der Waals surface area contributed by atoms with Crippen molar-refractivity contribution in [3.8, 4) is 0 Å². The van der Waals surface area contributed by atoms with Gasteiger partial charge in [-0.05, 0) is 25.7 Å². The highest BCUT2D eigenvalue weighted by Crippen LogP contribution is 2.16. The number of esters is 1. The van der Waals surface area contributed by atoms with Crippen molar-refractivity contribution in [1.82, 2.24) is 0 Å². The molecule has 18 heavy (non-hydrogen) atoms. The molecule has 0 aliphatic carbocycles. The van der Waals surface area contributed by atoms with Crippen LogP contribution in [-0.4, -0.2) is 13.1 Å². The Morgan fingerprint density at radius 1 is 1.00 bits per heavy atom. The predicted molar refractivity (Wildman–Crippen MR) is 77.5 cm³/mol. The minimum atomic E-state index is -0.285. The van der Waals surface area contributed by atoms with Crippen LogP contribution in [0.4, 0.5) is 0 Å². The number of methoxy groups -OCH3 is 1. The van der Waals surface area contributed by atoms with Crippen molar-refractivity contribution in [2.75, 3.05) is 7.11 Å². The molecule has 0 unspecified atom stereocenters. The summed E-state index contributed by atoms with van der Waals surface area (Å²) < 4.78 is 4.57. The van der Waals surface area contributed by atoms with E-state index >= 15 is 0 Å². The maximum Gasteiger partial charge on any atom is 0.330 e. The topological polar surface area (TPSA) is 26.3 Å². The van der Waals surface area contributed by atoms with Crippen molar-refractivity contribution in [2.45, 2.75) is 65.2 Å². The van der Waals surface area contributed by atoms with Gasteiger partial charge in [0, 0.05) is 6.08 Å². The second-order valence-corrected chi connectivity index (χ2v) is 4.62. The molecule has 0 amide bonds. The fraction of sp³-hybridized carbons (Fsp3) is 0.688. The number of unbranched alkanes of at least 4 members (excludes halogenated alkanes) is 4. The Bertz CT molecular complexity index is 252. The Morgan fingerprint density at radius 3 is 2.00 bits per heavy atom. The highest BCUT2D eigenvalue weighted by atomic mass is 16.5. The molecular formula is C16H28O2. The molecule has 0 saturated carbocycles. The highest BCUT2D eigenvalue weighted by Gasteiger charge is 1.97. The van der Waals surface area contributed by atoms with Crippen molar-refractivity contribution in [2.24, 2.45) is 0 Å². The lowest BCUT2D eigenvalue weighted by molar-refractivity contribution is -0.134. The Hall–Kier alpha value is -1.05. The first-order chi connectivity index (χ1) is 8.74. The lowest BCUT2D eigenvalue weighted by atomic mass is 10.0. The van der Waals surface area contributed by atoms with Crippen molar-refractivity contribution < 1.29 is 9.53 Å². The zero-order valence-electron chi connectivity index (χ0n) is 12.2. The molecule has 2 heteroatoms. The van der Waals surface area contributed by atoms with Gasteiger partial charge < -0.3 is 4.74 Å². The Labute approximate surface area is 112 Å². The molecule has 2 nitrogen and oxygen atoms in total. The fourth-order valence-corrected chi connectivity index (χ4v) is 1.83. The molecule has 0 bridgehead atoms. The Balaban J connectivity index is 4.19. The van der Waals surface area contributed by atoms with Gasteiger partial charge in [0.15, 0.2) is 0 Å². The molecular weight excluding hydrogens is 224 g/mol. The maximum absolute atomic E-state index is 11.0. The zero-order valence-corrected chi connectivity index (χ0v) is 12.2. The normalized spacial score (nSPS) is 10.6. The standard InChI is InChI=1S/C16H28O2/c1-4-6-8-11-15(12-9-7-5-2)13-10-14-16(17)18-3/h10,13-14H,4-9,11-12H2,1-3H3/b14-10+. The zero-order chi connectivity index (χ0) is 13.6. The minimum absolute atomic E-state index is 0.285. The van der Waals surface area contributed by atoms with E-state index in [2.05, 4.69) is 24.7 Å². The van der Waals surface area contributed by atoms with Crippen molar-refractivity contribution in [1.29, 1.82) is 0 Å². The van der Waals surface area contributed by atoms with E-state index in [1.54, 1.807) is 0 Å². The lowest BCUT2D eigenvalue weighted by Gasteiger charge is -2.06. The lowest BCUT2D eigenvalue weighted by Crippen LogP contribution is -1.93. The highest BCUT2D eigenvalue weighted by molar-refractivity contribution is 5.82. The van der Waals surface area contributed by atoms with Crippen LogP contribution < -0.4 is 0 Å². The summed E-state index contributed by atoms with van der Waals surface area (Å²) >= 11 is 0. The van der Waals surface area contributed by atoms with Crippen LogP contribution in [0.1, 0.15) is 65.2 Å². The van der Waals surface area contributed by atoms with Gasteiger partial charge in [-0.1, -0.05) is 57.3 Å². The summed E-state index contributed by atoms with van der Waals surface area (Å²) in [6, 6.07) is 0. The Morgan fingerprint density at radius 2 is 1.56 bits per heavy atom. The van der Waals surface area contributed by atoms with Crippen molar-refractivity contribution in [3.63, 3.8) is 0 Å². The monoisotopic (exact) mass is 252 g/mol. The van der Waals surface area contributed by atoms with Crippen LogP contribution in [0.15, 0.2) is 23.8 Å². The number of rotatable bonds is 10. The largest absolute Gasteiger partial charge is 0.466 e. The molecule has 0 rings (SSSR count). The van der Waals surface area contributed by atoms with Crippen molar-refractivity contribution >= 4 is 5.97 Å².